The highest BCUT2D eigenvalue weighted by atomic mass is 16.6. The number of nitrogens with zero attached hydrogens (tertiary/aromatic N) is 1. The molecule has 2 aromatic carbocycles. The van der Waals surface area contributed by atoms with Crippen molar-refractivity contribution in [3.8, 4) is 11.1 Å². The summed E-state index contributed by atoms with van der Waals surface area (Å²) in [7, 11) is 0. The SMILES string of the molecule is C[C@@H]1CN(C(=O)OCC2c3ccccc3-c3ccccc32)[C@H]1C(=O)O. The Balaban J connectivity index is 1.52. The number of carbonyl (C=O) groups excluding carboxylic acids is 1. The van der Waals surface area contributed by atoms with E-state index in [1.807, 2.05) is 31.2 Å². The highest BCUT2D eigenvalue weighted by Gasteiger charge is 2.45. The zero-order valence-corrected chi connectivity index (χ0v) is 13.9. The second-order valence-corrected chi connectivity index (χ2v) is 6.72. The van der Waals surface area contributed by atoms with Crippen molar-refractivity contribution in [3.63, 3.8) is 0 Å². The van der Waals surface area contributed by atoms with Gasteiger partial charge in [0.25, 0.3) is 0 Å². The number of carboxylic acid groups (broad SMARTS) is 1. The molecule has 0 aromatic heterocycles. The van der Waals surface area contributed by atoms with E-state index in [0.29, 0.717) is 6.54 Å². The lowest BCUT2D eigenvalue weighted by Gasteiger charge is -2.42. The van der Waals surface area contributed by atoms with Gasteiger partial charge in [0.1, 0.15) is 12.6 Å². The van der Waals surface area contributed by atoms with Crippen molar-refractivity contribution in [2.75, 3.05) is 13.2 Å². The van der Waals surface area contributed by atoms with Gasteiger partial charge in [-0.1, -0.05) is 55.5 Å². The highest BCUT2D eigenvalue weighted by Crippen LogP contribution is 2.44. The average molecular weight is 337 g/mol. The molecule has 0 bridgehead atoms. The second-order valence-electron chi connectivity index (χ2n) is 6.72. The molecular weight excluding hydrogens is 318 g/mol. The molecule has 0 radical (unpaired) electrons. The van der Waals surface area contributed by atoms with Crippen molar-refractivity contribution in [2.24, 2.45) is 5.92 Å². The zero-order chi connectivity index (χ0) is 17.6. The summed E-state index contributed by atoms with van der Waals surface area (Å²) in [6.07, 6.45) is -0.549. The van der Waals surface area contributed by atoms with Gasteiger partial charge in [0.15, 0.2) is 0 Å². The molecule has 5 heteroatoms. The van der Waals surface area contributed by atoms with Crippen LogP contribution in [-0.4, -0.2) is 41.3 Å². The molecule has 25 heavy (non-hydrogen) atoms. The van der Waals surface area contributed by atoms with Gasteiger partial charge in [-0.25, -0.2) is 9.59 Å². The number of rotatable bonds is 3. The largest absolute Gasteiger partial charge is 0.480 e. The van der Waals surface area contributed by atoms with Gasteiger partial charge in [0.05, 0.1) is 0 Å². The number of hydrogen-bond acceptors (Lipinski definition) is 3. The maximum atomic E-state index is 12.3. The summed E-state index contributed by atoms with van der Waals surface area (Å²) in [6, 6.07) is 15.5. The predicted molar refractivity (Wildman–Crippen MR) is 92.4 cm³/mol. The van der Waals surface area contributed by atoms with E-state index < -0.39 is 18.1 Å². The zero-order valence-electron chi connectivity index (χ0n) is 13.9. The van der Waals surface area contributed by atoms with E-state index in [1.54, 1.807) is 0 Å². The lowest BCUT2D eigenvalue weighted by atomic mass is 9.91. The Morgan fingerprint density at radius 1 is 1.08 bits per heavy atom. The van der Waals surface area contributed by atoms with Gasteiger partial charge >= 0.3 is 12.1 Å². The molecule has 1 fully saturated rings. The Morgan fingerprint density at radius 3 is 2.16 bits per heavy atom. The van der Waals surface area contributed by atoms with Gasteiger partial charge in [-0.15, -0.1) is 0 Å². The number of carboxylic acids is 1. The van der Waals surface area contributed by atoms with E-state index in [0.717, 1.165) is 11.1 Å². The van der Waals surface area contributed by atoms with Crippen LogP contribution in [0.1, 0.15) is 24.0 Å². The Labute approximate surface area is 145 Å². The van der Waals surface area contributed by atoms with Crippen LogP contribution in [0, 0.1) is 5.92 Å². The third-order valence-corrected chi connectivity index (χ3v) is 5.18. The molecule has 1 N–H and O–H groups in total. The molecule has 2 aliphatic rings. The number of fused-ring (bicyclic) bond motifs is 3. The summed E-state index contributed by atoms with van der Waals surface area (Å²) in [6.45, 7) is 2.46. The lowest BCUT2D eigenvalue weighted by molar-refractivity contribution is -0.150. The Hall–Kier alpha value is -2.82. The normalized spacial score (nSPS) is 21.2. The number of aliphatic carboxylic acids is 1. The summed E-state index contributed by atoms with van der Waals surface area (Å²) < 4.78 is 5.50. The van der Waals surface area contributed by atoms with E-state index in [1.165, 1.54) is 16.0 Å². The van der Waals surface area contributed by atoms with Crippen LogP contribution in [0.25, 0.3) is 11.1 Å². The monoisotopic (exact) mass is 337 g/mol. The standard InChI is InChI=1S/C20H19NO4/c1-12-10-21(18(12)19(22)23)20(24)25-11-17-15-8-4-2-6-13(15)14-7-3-5-9-16(14)17/h2-9,12,17-18H,10-11H2,1H3,(H,22,23)/t12-,18-/m1/s1. The molecule has 4 rings (SSSR count). The topological polar surface area (TPSA) is 66.8 Å². The summed E-state index contributed by atoms with van der Waals surface area (Å²) >= 11 is 0. The van der Waals surface area contributed by atoms with Crippen molar-refractivity contribution in [1.29, 1.82) is 0 Å². The average Bonchev–Trinajstić information content (AvgIpc) is 2.91. The minimum absolute atomic E-state index is 0.0154. The molecule has 2 atom stereocenters. The van der Waals surface area contributed by atoms with Crippen LogP contribution in [-0.2, 0) is 9.53 Å². The third kappa shape index (κ3) is 2.47. The maximum absolute atomic E-state index is 12.3. The van der Waals surface area contributed by atoms with Crippen LogP contribution >= 0.6 is 0 Å². The minimum Gasteiger partial charge on any atom is -0.480 e. The molecule has 2 aromatic rings. The molecule has 128 valence electrons. The molecule has 0 unspecified atom stereocenters. The molecule has 0 saturated carbocycles. The fraction of sp³-hybridized carbons (Fsp3) is 0.300. The highest BCUT2D eigenvalue weighted by molar-refractivity contribution is 5.83. The Kier molecular flexibility index (Phi) is 3.71. The van der Waals surface area contributed by atoms with E-state index in [4.69, 9.17) is 4.74 Å². The summed E-state index contributed by atoms with van der Waals surface area (Å²) in [5.74, 6) is -1.04. The molecule has 1 saturated heterocycles. The maximum Gasteiger partial charge on any atom is 0.410 e. The quantitative estimate of drug-likeness (QED) is 0.933. The fourth-order valence-corrected chi connectivity index (χ4v) is 3.93. The van der Waals surface area contributed by atoms with Crippen molar-refractivity contribution in [1.82, 2.24) is 4.90 Å². The molecular formula is C20H19NO4. The Morgan fingerprint density at radius 2 is 1.64 bits per heavy atom. The first kappa shape index (κ1) is 15.7. The van der Waals surface area contributed by atoms with E-state index in [2.05, 4.69) is 24.3 Å². The van der Waals surface area contributed by atoms with Crippen LogP contribution in [0.15, 0.2) is 48.5 Å². The van der Waals surface area contributed by atoms with Crippen LogP contribution in [0.4, 0.5) is 4.79 Å². The van der Waals surface area contributed by atoms with Crippen LogP contribution in [0.2, 0.25) is 0 Å². The molecule has 5 nitrogen and oxygen atoms in total. The van der Waals surface area contributed by atoms with E-state index in [-0.39, 0.29) is 18.4 Å². The number of ether oxygens (including phenoxy) is 1. The fourth-order valence-electron chi connectivity index (χ4n) is 3.93. The second kappa shape index (κ2) is 5.92. The van der Waals surface area contributed by atoms with Crippen molar-refractivity contribution in [3.05, 3.63) is 59.7 Å². The van der Waals surface area contributed by atoms with Crippen molar-refractivity contribution >= 4 is 12.1 Å². The van der Waals surface area contributed by atoms with E-state index >= 15 is 0 Å². The summed E-state index contributed by atoms with van der Waals surface area (Å²) in [4.78, 5) is 24.8. The summed E-state index contributed by atoms with van der Waals surface area (Å²) in [5.41, 5.74) is 4.62. The number of benzene rings is 2. The first-order valence-electron chi connectivity index (χ1n) is 8.42. The predicted octanol–water partition coefficient (Wildman–Crippen LogP) is 3.34. The van der Waals surface area contributed by atoms with Gasteiger partial charge in [0, 0.05) is 18.4 Å². The number of likely N-dealkylation sites (tertiary alicyclic amines) is 1. The molecule has 1 heterocycles. The lowest BCUT2D eigenvalue weighted by Crippen LogP contribution is -2.61. The number of carbonyl (C=O) groups is 2. The molecule has 1 amide bonds. The van der Waals surface area contributed by atoms with Crippen LogP contribution in [0.5, 0.6) is 0 Å². The Bertz CT molecular complexity index is 802. The minimum atomic E-state index is -0.979. The molecule has 1 aliphatic carbocycles. The van der Waals surface area contributed by atoms with Gasteiger partial charge in [-0.3, -0.25) is 4.90 Å². The van der Waals surface area contributed by atoms with Crippen molar-refractivity contribution in [2.45, 2.75) is 18.9 Å². The smallest absolute Gasteiger partial charge is 0.410 e. The third-order valence-electron chi connectivity index (χ3n) is 5.18. The van der Waals surface area contributed by atoms with Gasteiger partial charge in [-0.05, 0) is 22.3 Å². The number of hydrogen-bond donors (Lipinski definition) is 1. The van der Waals surface area contributed by atoms with Crippen molar-refractivity contribution < 1.29 is 19.4 Å². The molecule has 1 aliphatic heterocycles. The van der Waals surface area contributed by atoms with Gasteiger partial charge in [0.2, 0.25) is 0 Å². The first-order valence-corrected chi connectivity index (χ1v) is 8.42. The summed E-state index contributed by atoms with van der Waals surface area (Å²) in [5, 5.41) is 9.21. The van der Waals surface area contributed by atoms with Crippen LogP contribution in [0.3, 0.4) is 0 Å². The first-order chi connectivity index (χ1) is 12.1. The van der Waals surface area contributed by atoms with E-state index in [9.17, 15) is 14.7 Å². The van der Waals surface area contributed by atoms with Crippen LogP contribution < -0.4 is 0 Å². The number of amides is 1. The molecule has 0 spiro atoms. The van der Waals surface area contributed by atoms with Gasteiger partial charge < -0.3 is 9.84 Å². The van der Waals surface area contributed by atoms with Gasteiger partial charge in [-0.2, -0.15) is 0 Å².